The molecule has 0 unspecified atom stereocenters. The predicted octanol–water partition coefficient (Wildman–Crippen LogP) is 5.61. The molecule has 8 nitrogen and oxygen atoms in total. The van der Waals surface area contributed by atoms with Crippen LogP contribution in [0.25, 0.3) is 11.3 Å². The first kappa shape index (κ1) is 25.8. The third-order valence-corrected chi connectivity index (χ3v) is 7.00. The lowest BCUT2D eigenvalue weighted by Gasteiger charge is -2.27. The van der Waals surface area contributed by atoms with Gasteiger partial charge in [-0.15, -0.1) is 0 Å². The number of fused-ring (bicyclic) bond motifs is 3. The van der Waals surface area contributed by atoms with Crippen molar-refractivity contribution in [2.75, 3.05) is 36.8 Å². The van der Waals surface area contributed by atoms with Gasteiger partial charge in [-0.25, -0.2) is 23.5 Å². The van der Waals surface area contributed by atoms with Gasteiger partial charge in [0.15, 0.2) is 0 Å². The van der Waals surface area contributed by atoms with Crippen LogP contribution in [0.5, 0.6) is 0 Å². The molecule has 1 aromatic heterocycles. The summed E-state index contributed by atoms with van der Waals surface area (Å²) in [5.41, 5.74) is 3.74. The van der Waals surface area contributed by atoms with Crippen LogP contribution in [-0.4, -0.2) is 52.8 Å². The molecule has 0 atom stereocenters. The van der Waals surface area contributed by atoms with Crippen LogP contribution in [0.15, 0.2) is 71.9 Å². The Kier molecular flexibility index (Phi) is 7.10. The normalized spacial score (nSPS) is 14.5. The van der Waals surface area contributed by atoms with Gasteiger partial charge in [-0.1, -0.05) is 23.7 Å². The quantitative estimate of drug-likeness (QED) is 0.302. The van der Waals surface area contributed by atoms with Crippen molar-refractivity contribution < 1.29 is 13.6 Å². The number of carbonyl (C=O) groups is 1. The van der Waals surface area contributed by atoms with Crippen LogP contribution in [0.4, 0.5) is 30.9 Å². The van der Waals surface area contributed by atoms with Crippen LogP contribution in [0.3, 0.4) is 0 Å². The van der Waals surface area contributed by atoms with E-state index in [-0.39, 0.29) is 23.9 Å². The molecule has 0 radical (unpaired) electrons. The zero-order chi connectivity index (χ0) is 27.6. The summed E-state index contributed by atoms with van der Waals surface area (Å²) < 4.78 is 29.5. The van der Waals surface area contributed by atoms with Crippen molar-refractivity contribution in [3.63, 3.8) is 0 Å². The van der Waals surface area contributed by atoms with Crippen molar-refractivity contribution in [3.8, 4) is 11.3 Å². The number of aromatic nitrogens is 2. The van der Waals surface area contributed by atoms with Gasteiger partial charge in [0.25, 0.3) is 0 Å². The summed E-state index contributed by atoms with van der Waals surface area (Å²) >= 11 is 6.30. The minimum atomic E-state index is -0.711. The number of urea groups is 1. The number of benzene rings is 3. The van der Waals surface area contributed by atoms with Crippen molar-refractivity contribution in [3.05, 3.63) is 100 Å². The van der Waals surface area contributed by atoms with Gasteiger partial charge in [-0.05, 0) is 48.5 Å². The Morgan fingerprint density at radius 2 is 1.68 bits per heavy atom. The first-order valence-corrected chi connectivity index (χ1v) is 13.1. The predicted molar refractivity (Wildman–Crippen MR) is 151 cm³/mol. The highest BCUT2D eigenvalue weighted by molar-refractivity contribution is 6.31. The molecule has 1 saturated heterocycles. The van der Waals surface area contributed by atoms with Gasteiger partial charge < -0.3 is 20.9 Å². The smallest absolute Gasteiger partial charge is 0.321 e. The van der Waals surface area contributed by atoms with Gasteiger partial charge >= 0.3 is 6.03 Å². The average molecular weight is 560 g/mol. The minimum absolute atomic E-state index is 0.131. The Hall–Kier alpha value is -4.41. The lowest BCUT2D eigenvalue weighted by molar-refractivity contribution is 0.204. The van der Waals surface area contributed by atoms with Gasteiger partial charge in [0, 0.05) is 65.5 Å². The van der Waals surface area contributed by atoms with Crippen molar-refractivity contribution in [1.82, 2.24) is 20.2 Å². The Bertz CT molecular complexity index is 1600. The van der Waals surface area contributed by atoms with Crippen LogP contribution in [0, 0.1) is 11.6 Å². The number of piperazine rings is 1. The number of amides is 2. The molecule has 2 aliphatic heterocycles. The van der Waals surface area contributed by atoms with E-state index in [1.54, 1.807) is 41.4 Å². The van der Waals surface area contributed by atoms with E-state index >= 15 is 0 Å². The van der Waals surface area contributed by atoms with E-state index in [4.69, 9.17) is 16.6 Å². The molecule has 11 heteroatoms. The fraction of sp³-hybridized carbons (Fsp3) is 0.172. The first-order chi connectivity index (χ1) is 19.5. The van der Waals surface area contributed by atoms with Crippen molar-refractivity contribution in [2.24, 2.45) is 4.99 Å². The molecule has 2 aliphatic rings. The fourth-order valence-electron chi connectivity index (χ4n) is 4.76. The number of rotatable bonds is 4. The van der Waals surface area contributed by atoms with Gasteiger partial charge in [-0.2, -0.15) is 0 Å². The highest BCUT2D eigenvalue weighted by atomic mass is 35.5. The molecule has 0 spiro atoms. The topological polar surface area (TPSA) is 94.5 Å². The van der Waals surface area contributed by atoms with Gasteiger partial charge in [0.2, 0.25) is 5.95 Å². The summed E-state index contributed by atoms with van der Waals surface area (Å²) in [4.78, 5) is 28.0. The molecule has 202 valence electrons. The number of nitrogens with zero attached hydrogens (tertiary/aromatic N) is 4. The number of halogens is 3. The van der Waals surface area contributed by atoms with Gasteiger partial charge in [0.05, 0.1) is 23.5 Å². The zero-order valence-corrected chi connectivity index (χ0v) is 22.0. The number of nitrogens with one attached hydrogen (secondary N) is 3. The second kappa shape index (κ2) is 11.0. The summed E-state index contributed by atoms with van der Waals surface area (Å²) in [7, 11) is 0. The van der Waals surface area contributed by atoms with E-state index in [1.807, 2.05) is 12.1 Å². The summed E-state index contributed by atoms with van der Waals surface area (Å²) in [6.45, 7) is 3.02. The SMILES string of the molecule is O=C(Nc1ccc(Nc2ncc3c(n2)-c2ccc(Cl)cc2C(c2c(F)cccc2F)=NC3)cc1)N1CCNCC1. The maximum Gasteiger partial charge on any atom is 0.321 e. The lowest BCUT2D eigenvalue weighted by Crippen LogP contribution is -2.48. The molecule has 3 heterocycles. The number of hydrogen-bond donors (Lipinski definition) is 3. The molecule has 3 aromatic carbocycles. The molecule has 0 aliphatic carbocycles. The van der Waals surface area contributed by atoms with Crippen molar-refractivity contribution >= 4 is 40.7 Å². The third kappa shape index (κ3) is 5.23. The molecule has 4 aromatic rings. The molecular weight excluding hydrogens is 536 g/mol. The Balaban J connectivity index is 1.27. The average Bonchev–Trinajstić information content (AvgIpc) is 3.11. The monoisotopic (exact) mass is 559 g/mol. The number of anilines is 3. The summed E-state index contributed by atoms with van der Waals surface area (Å²) in [6.07, 6.45) is 1.65. The van der Waals surface area contributed by atoms with Gasteiger partial charge in [0.1, 0.15) is 11.6 Å². The van der Waals surface area contributed by atoms with E-state index < -0.39 is 11.6 Å². The van der Waals surface area contributed by atoms with Crippen molar-refractivity contribution in [1.29, 1.82) is 0 Å². The second-order valence-corrected chi connectivity index (χ2v) is 9.82. The third-order valence-electron chi connectivity index (χ3n) is 6.76. The van der Waals surface area contributed by atoms with Crippen LogP contribution in [0.2, 0.25) is 5.02 Å². The molecular formula is C29H24ClF2N7O. The molecule has 40 heavy (non-hydrogen) atoms. The Morgan fingerprint density at radius 1 is 0.950 bits per heavy atom. The number of aliphatic imine (C=N–C) groups is 1. The van der Waals surface area contributed by atoms with Crippen LogP contribution in [0.1, 0.15) is 16.7 Å². The van der Waals surface area contributed by atoms with E-state index in [0.29, 0.717) is 52.1 Å². The second-order valence-electron chi connectivity index (χ2n) is 9.39. The van der Waals surface area contributed by atoms with Gasteiger partial charge in [-0.3, -0.25) is 4.99 Å². The summed E-state index contributed by atoms with van der Waals surface area (Å²) in [5.74, 6) is -1.09. The van der Waals surface area contributed by atoms with E-state index in [2.05, 4.69) is 25.9 Å². The van der Waals surface area contributed by atoms with E-state index in [0.717, 1.165) is 18.8 Å². The molecule has 1 fully saturated rings. The molecule has 2 amide bonds. The summed E-state index contributed by atoms with van der Waals surface area (Å²) in [5, 5.41) is 9.73. The standard InChI is InChI=1S/C29H24ClF2N7O/c30-18-4-9-21-22(14-18)27(25-23(31)2-1-3-24(25)32)34-15-17-16-35-28(38-26(17)21)36-19-5-7-20(8-6-19)37-29(40)39-12-10-33-11-13-39/h1-9,14,16,33H,10-13,15H2,(H,37,40)(H,35,36,38). The Morgan fingerprint density at radius 3 is 2.42 bits per heavy atom. The van der Waals surface area contributed by atoms with Crippen LogP contribution in [-0.2, 0) is 6.54 Å². The molecule has 0 saturated carbocycles. The zero-order valence-electron chi connectivity index (χ0n) is 21.2. The van der Waals surface area contributed by atoms with Crippen LogP contribution >= 0.6 is 11.6 Å². The van der Waals surface area contributed by atoms with E-state index in [1.165, 1.54) is 18.2 Å². The minimum Gasteiger partial charge on any atom is -0.324 e. The Labute approximate surface area is 234 Å². The highest BCUT2D eigenvalue weighted by Gasteiger charge is 2.25. The maximum absolute atomic E-state index is 14.8. The lowest BCUT2D eigenvalue weighted by atomic mass is 9.95. The summed E-state index contributed by atoms with van der Waals surface area (Å²) in [6, 6.07) is 15.9. The number of hydrogen-bond acceptors (Lipinski definition) is 6. The number of carbonyl (C=O) groups excluding carboxylic acids is 1. The van der Waals surface area contributed by atoms with Crippen LogP contribution < -0.4 is 16.0 Å². The fourth-order valence-corrected chi connectivity index (χ4v) is 4.93. The van der Waals surface area contributed by atoms with E-state index in [9.17, 15) is 13.6 Å². The van der Waals surface area contributed by atoms with Crippen molar-refractivity contribution in [2.45, 2.75) is 6.54 Å². The maximum atomic E-state index is 14.8. The molecule has 0 bridgehead atoms. The highest BCUT2D eigenvalue weighted by Crippen LogP contribution is 2.34. The molecule has 6 rings (SSSR count). The largest absolute Gasteiger partial charge is 0.324 e. The molecule has 3 N–H and O–H groups in total. The first-order valence-electron chi connectivity index (χ1n) is 12.7.